The lowest BCUT2D eigenvalue weighted by Gasteiger charge is -2.22. The number of esters is 1. The van der Waals surface area contributed by atoms with Crippen LogP contribution in [0.15, 0.2) is 0 Å². The van der Waals surface area contributed by atoms with Crippen molar-refractivity contribution in [2.45, 2.75) is 379 Å². The number of nitrogens with one attached hydrogen (secondary N) is 1. The molecule has 69 heavy (non-hydrogen) atoms. The molecule has 2 unspecified atom stereocenters. The molecule has 0 aliphatic heterocycles. The van der Waals surface area contributed by atoms with Crippen molar-refractivity contribution in [2.75, 3.05) is 13.2 Å². The summed E-state index contributed by atoms with van der Waals surface area (Å²) in [6, 6.07) is -0.543. The topological polar surface area (TPSA) is 95.9 Å². The lowest BCUT2D eigenvalue weighted by molar-refractivity contribution is -0.143. The van der Waals surface area contributed by atoms with Crippen molar-refractivity contribution in [3.05, 3.63) is 0 Å². The summed E-state index contributed by atoms with van der Waals surface area (Å²) >= 11 is 0. The third-order valence-corrected chi connectivity index (χ3v) is 15.2. The van der Waals surface area contributed by atoms with Crippen LogP contribution in [0.25, 0.3) is 0 Å². The van der Waals surface area contributed by atoms with Crippen molar-refractivity contribution < 1.29 is 24.5 Å². The summed E-state index contributed by atoms with van der Waals surface area (Å²) < 4.78 is 5.50. The minimum absolute atomic E-state index is 0.0126. The van der Waals surface area contributed by atoms with Gasteiger partial charge in [-0.05, 0) is 25.7 Å². The van der Waals surface area contributed by atoms with E-state index in [1.807, 2.05) is 0 Å². The van der Waals surface area contributed by atoms with Gasteiger partial charge in [-0.3, -0.25) is 9.59 Å². The van der Waals surface area contributed by atoms with Crippen LogP contribution in [0.5, 0.6) is 0 Å². The van der Waals surface area contributed by atoms with Gasteiger partial charge in [-0.25, -0.2) is 0 Å². The number of amides is 1. The van der Waals surface area contributed by atoms with Crippen LogP contribution in [0, 0.1) is 0 Å². The molecule has 0 saturated heterocycles. The molecule has 0 heterocycles. The van der Waals surface area contributed by atoms with Crippen LogP contribution in [0.2, 0.25) is 0 Å². The van der Waals surface area contributed by atoms with E-state index in [9.17, 15) is 19.8 Å². The van der Waals surface area contributed by atoms with E-state index in [-0.39, 0.29) is 18.5 Å². The molecular weight excluding hydrogens is 851 g/mol. The molecule has 0 radical (unpaired) electrons. The van der Waals surface area contributed by atoms with Gasteiger partial charge in [-0.1, -0.05) is 328 Å². The van der Waals surface area contributed by atoms with E-state index in [0.717, 1.165) is 38.5 Å². The molecule has 0 aromatic carbocycles. The zero-order valence-electron chi connectivity index (χ0n) is 47.1. The third kappa shape index (κ3) is 56.0. The first-order valence-corrected chi connectivity index (χ1v) is 31.8. The first-order valence-electron chi connectivity index (χ1n) is 31.8. The molecule has 6 heteroatoms. The fourth-order valence-corrected chi connectivity index (χ4v) is 10.3. The van der Waals surface area contributed by atoms with Crippen LogP contribution in [0.1, 0.15) is 367 Å². The zero-order chi connectivity index (χ0) is 50.0. The minimum atomic E-state index is -0.666. The number of hydrogen-bond acceptors (Lipinski definition) is 5. The second-order valence-electron chi connectivity index (χ2n) is 22.1. The smallest absolute Gasteiger partial charge is 0.305 e. The Labute approximate surface area is 432 Å². The maximum Gasteiger partial charge on any atom is 0.305 e. The number of aliphatic hydroxyl groups is 2. The Morgan fingerprint density at radius 1 is 0.348 bits per heavy atom. The highest BCUT2D eigenvalue weighted by atomic mass is 16.5. The lowest BCUT2D eigenvalue weighted by atomic mass is 10.0. The Morgan fingerprint density at radius 3 is 0.884 bits per heavy atom. The second kappa shape index (κ2) is 59.4. The molecule has 0 aromatic heterocycles. The number of carbonyl (C=O) groups is 2. The van der Waals surface area contributed by atoms with Gasteiger partial charge in [0.05, 0.1) is 25.4 Å². The summed E-state index contributed by atoms with van der Waals surface area (Å²) in [6.45, 7) is 4.99. The highest BCUT2D eigenvalue weighted by Gasteiger charge is 2.20. The van der Waals surface area contributed by atoms with Gasteiger partial charge in [0.25, 0.3) is 0 Å². The molecule has 0 bridgehead atoms. The van der Waals surface area contributed by atoms with Gasteiger partial charge in [0.1, 0.15) is 0 Å². The van der Waals surface area contributed by atoms with Crippen molar-refractivity contribution in [2.24, 2.45) is 0 Å². The molecule has 3 N–H and O–H groups in total. The van der Waals surface area contributed by atoms with Crippen LogP contribution < -0.4 is 5.32 Å². The fourth-order valence-electron chi connectivity index (χ4n) is 10.3. The number of carbonyl (C=O) groups excluding carboxylic acids is 2. The number of ether oxygens (including phenoxy) is 1. The van der Waals surface area contributed by atoms with Crippen molar-refractivity contribution in [3.8, 4) is 0 Å². The van der Waals surface area contributed by atoms with Gasteiger partial charge in [-0.2, -0.15) is 0 Å². The lowest BCUT2D eigenvalue weighted by Crippen LogP contribution is -2.45. The molecule has 0 fully saturated rings. The average Bonchev–Trinajstić information content (AvgIpc) is 3.35. The van der Waals surface area contributed by atoms with E-state index in [1.54, 1.807) is 0 Å². The van der Waals surface area contributed by atoms with Crippen molar-refractivity contribution in [1.29, 1.82) is 0 Å². The Bertz CT molecular complexity index is 990. The summed E-state index contributed by atoms with van der Waals surface area (Å²) in [6.07, 6.45) is 69.7. The molecule has 0 rings (SSSR count). The van der Waals surface area contributed by atoms with Crippen LogP contribution in [-0.4, -0.2) is 47.4 Å². The van der Waals surface area contributed by atoms with Gasteiger partial charge in [-0.15, -0.1) is 0 Å². The maximum absolute atomic E-state index is 12.5. The van der Waals surface area contributed by atoms with E-state index in [1.165, 1.54) is 295 Å². The largest absolute Gasteiger partial charge is 0.466 e. The summed E-state index contributed by atoms with van der Waals surface area (Å²) in [4.78, 5) is 24.6. The number of unbranched alkanes of at least 4 members (excludes halogenated alkanes) is 49. The second-order valence-corrected chi connectivity index (χ2v) is 22.1. The van der Waals surface area contributed by atoms with Gasteiger partial charge in [0, 0.05) is 12.8 Å². The number of rotatable bonds is 60. The fraction of sp³-hybridized carbons (Fsp3) is 0.968. The monoisotopic (exact) mass is 976 g/mol. The van der Waals surface area contributed by atoms with Crippen LogP contribution in [0.3, 0.4) is 0 Å². The standard InChI is InChI=1S/C63H125NO5/c1-3-5-7-9-11-13-15-17-19-23-27-31-35-39-43-47-51-55-61(66)60(59-65)64-62(67)56-52-48-44-40-36-32-28-25-21-22-26-30-34-38-42-46-50-54-58-69-63(68)57-53-49-45-41-37-33-29-24-20-18-16-14-12-10-8-6-4-2/h60-61,65-66H,3-59H2,1-2H3,(H,64,67). The van der Waals surface area contributed by atoms with Crippen LogP contribution in [0.4, 0.5) is 0 Å². The Hall–Kier alpha value is -1.14. The molecule has 0 saturated carbocycles. The van der Waals surface area contributed by atoms with E-state index < -0.39 is 12.1 Å². The molecule has 0 aliphatic carbocycles. The van der Waals surface area contributed by atoms with Crippen LogP contribution >= 0.6 is 0 Å². The highest BCUT2D eigenvalue weighted by Crippen LogP contribution is 2.19. The molecule has 2 atom stereocenters. The molecular formula is C63H125NO5. The van der Waals surface area contributed by atoms with E-state index in [2.05, 4.69) is 19.2 Å². The van der Waals surface area contributed by atoms with Gasteiger partial charge in [0.2, 0.25) is 5.91 Å². The van der Waals surface area contributed by atoms with Gasteiger partial charge < -0.3 is 20.3 Å². The van der Waals surface area contributed by atoms with Crippen molar-refractivity contribution in [1.82, 2.24) is 5.32 Å². The molecule has 6 nitrogen and oxygen atoms in total. The quantitative estimate of drug-likeness (QED) is 0.0417. The van der Waals surface area contributed by atoms with Gasteiger partial charge >= 0.3 is 5.97 Å². The maximum atomic E-state index is 12.5. The van der Waals surface area contributed by atoms with Gasteiger partial charge in [0.15, 0.2) is 0 Å². The predicted molar refractivity (Wildman–Crippen MR) is 301 cm³/mol. The Balaban J connectivity index is 3.38. The van der Waals surface area contributed by atoms with Crippen molar-refractivity contribution >= 4 is 11.9 Å². The number of aliphatic hydroxyl groups excluding tert-OH is 2. The third-order valence-electron chi connectivity index (χ3n) is 15.2. The molecule has 0 aliphatic rings. The molecule has 412 valence electrons. The Kier molecular flexibility index (Phi) is 58.4. The normalized spacial score (nSPS) is 12.5. The Morgan fingerprint density at radius 2 is 0.594 bits per heavy atom. The van der Waals surface area contributed by atoms with Crippen molar-refractivity contribution in [3.63, 3.8) is 0 Å². The minimum Gasteiger partial charge on any atom is -0.466 e. The van der Waals surface area contributed by atoms with E-state index in [0.29, 0.717) is 25.9 Å². The first kappa shape index (κ1) is 67.9. The first-order chi connectivity index (χ1) is 34.0. The SMILES string of the molecule is CCCCCCCCCCCCCCCCCCCC(=O)OCCCCCCCCCCCCCCCCCCCCC(=O)NC(CO)C(O)CCCCCCCCCCCCCCCCCCC. The molecule has 1 amide bonds. The number of hydrogen-bond donors (Lipinski definition) is 3. The highest BCUT2D eigenvalue weighted by molar-refractivity contribution is 5.76. The average molecular weight is 977 g/mol. The summed E-state index contributed by atoms with van der Waals surface area (Å²) in [5, 5.41) is 23.3. The summed E-state index contributed by atoms with van der Waals surface area (Å²) in [5.41, 5.74) is 0. The zero-order valence-corrected chi connectivity index (χ0v) is 47.1. The summed E-state index contributed by atoms with van der Waals surface area (Å²) in [7, 11) is 0. The molecule has 0 aromatic rings. The predicted octanol–water partition coefficient (Wildman–Crippen LogP) is 19.9. The van der Waals surface area contributed by atoms with E-state index >= 15 is 0 Å². The van der Waals surface area contributed by atoms with Crippen LogP contribution in [-0.2, 0) is 14.3 Å². The summed E-state index contributed by atoms with van der Waals surface area (Å²) in [5.74, 6) is -0.0224. The molecule has 0 spiro atoms. The van der Waals surface area contributed by atoms with E-state index in [4.69, 9.17) is 4.74 Å².